The standard InChI is InChI=1S/C11H9F2N3OS/c12-8-1-7(10(14)2-9(8)13)11(17)15-3-6-4-18-5-16-6/h1-2,4-5H,3,14H2,(H,15,17). The van der Waals surface area contributed by atoms with Crippen LogP contribution in [0.15, 0.2) is 23.0 Å². The van der Waals surface area contributed by atoms with Crippen LogP contribution in [0.3, 0.4) is 0 Å². The van der Waals surface area contributed by atoms with E-state index in [4.69, 9.17) is 5.73 Å². The number of hydrogen-bond donors (Lipinski definition) is 2. The van der Waals surface area contributed by atoms with E-state index >= 15 is 0 Å². The van der Waals surface area contributed by atoms with Gasteiger partial charge in [0.05, 0.1) is 23.3 Å². The lowest BCUT2D eigenvalue weighted by molar-refractivity contribution is 0.0951. The number of rotatable bonds is 3. The van der Waals surface area contributed by atoms with Crippen molar-refractivity contribution in [1.29, 1.82) is 0 Å². The molecule has 0 aliphatic carbocycles. The fraction of sp³-hybridized carbons (Fsp3) is 0.0909. The molecule has 0 fully saturated rings. The molecule has 0 saturated carbocycles. The van der Waals surface area contributed by atoms with Crippen LogP contribution in [0.1, 0.15) is 16.1 Å². The Kier molecular flexibility index (Phi) is 3.52. The molecular weight excluding hydrogens is 260 g/mol. The van der Waals surface area contributed by atoms with E-state index in [0.29, 0.717) is 5.69 Å². The summed E-state index contributed by atoms with van der Waals surface area (Å²) in [6.07, 6.45) is 0. The Balaban J connectivity index is 2.11. The van der Waals surface area contributed by atoms with Gasteiger partial charge in [-0.1, -0.05) is 0 Å². The Morgan fingerprint density at radius 3 is 2.78 bits per heavy atom. The molecule has 2 rings (SSSR count). The lowest BCUT2D eigenvalue weighted by Crippen LogP contribution is -2.24. The Morgan fingerprint density at radius 2 is 2.11 bits per heavy atom. The van der Waals surface area contributed by atoms with Crippen molar-refractivity contribution in [3.63, 3.8) is 0 Å². The van der Waals surface area contributed by atoms with Crippen LogP contribution in [-0.2, 0) is 6.54 Å². The molecule has 0 unspecified atom stereocenters. The number of carbonyl (C=O) groups is 1. The number of anilines is 1. The van der Waals surface area contributed by atoms with E-state index in [9.17, 15) is 13.6 Å². The summed E-state index contributed by atoms with van der Waals surface area (Å²) < 4.78 is 25.8. The van der Waals surface area contributed by atoms with Crippen molar-refractivity contribution < 1.29 is 13.6 Å². The van der Waals surface area contributed by atoms with Gasteiger partial charge in [-0.05, 0) is 6.07 Å². The second kappa shape index (κ2) is 5.09. The first-order valence-electron chi connectivity index (χ1n) is 4.97. The number of benzene rings is 1. The maximum absolute atomic E-state index is 13.0. The number of aromatic nitrogens is 1. The molecule has 1 aromatic carbocycles. The molecule has 1 aromatic heterocycles. The molecule has 0 radical (unpaired) electrons. The molecule has 1 heterocycles. The van der Waals surface area contributed by atoms with E-state index in [1.807, 2.05) is 0 Å². The Hall–Kier alpha value is -2.02. The summed E-state index contributed by atoms with van der Waals surface area (Å²) in [5, 5.41) is 4.30. The van der Waals surface area contributed by atoms with E-state index in [-0.39, 0.29) is 17.8 Å². The van der Waals surface area contributed by atoms with Gasteiger partial charge in [0.25, 0.3) is 5.91 Å². The highest BCUT2D eigenvalue weighted by Gasteiger charge is 2.14. The Bertz CT molecular complexity index is 572. The summed E-state index contributed by atoms with van der Waals surface area (Å²) in [6.45, 7) is 0.209. The first kappa shape index (κ1) is 12.4. The van der Waals surface area contributed by atoms with Crippen LogP contribution in [0.4, 0.5) is 14.5 Å². The number of amides is 1. The lowest BCUT2D eigenvalue weighted by atomic mass is 10.1. The number of halogens is 2. The van der Waals surface area contributed by atoms with Gasteiger partial charge in [0.2, 0.25) is 0 Å². The largest absolute Gasteiger partial charge is 0.398 e. The molecule has 4 nitrogen and oxygen atoms in total. The quantitative estimate of drug-likeness (QED) is 0.837. The summed E-state index contributed by atoms with van der Waals surface area (Å²) in [5.74, 6) is -2.76. The summed E-state index contributed by atoms with van der Waals surface area (Å²) in [6, 6.07) is 1.56. The van der Waals surface area contributed by atoms with Crippen LogP contribution in [0.25, 0.3) is 0 Å². The average Bonchev–Trinajstić information content (AvgIpc) is 2.84. The molecule has 3 N–H and O–H groups in total. The third kappa shape index (κ3) is 2.62. The van der Waals surface area contributed by atoms with Crippen molar-refractivity contribution in [3.05, 3.63) is 45.9 Å². The normalized spacial score (nSPS) is 10.3. The molecule has 0 aliphatic rings. The highest BCUT2D eigenvalue weighted by atomic mass is 32.1. The van der Waals surface area contributed by atoms with E-state index in [1.165, 1.54) is 11.3 Å². The van der Waals surface area contributed by atoms with Gasteiger partial charge in [-0.15, -0.1) is 11.3 Å². The molecular formula is C11H9F2N3OS. The van der Waals surface area contributed by atoms with Gasteiger partial charge in [-0.2, -0.15) is 0 Å². The monoisotopic (exact) mass is 269 g/mol. The molecule has 0 aliphatic heterocycles. The van der Waals surface area contributed by atoms with Crippen molar-refractivity contribution in [2.75, 3.05) is 5.73 Å². The third-order valence-electron chi connectivity index (χ3n) is 2.25. The SMILES string of the molecule is Nc1cc(F)c(F)cc1C(=O)NCc1cscn1. The predicted molar refractivity (Wildman–Crippen MR) is 64.1 cm³/mol. The highest BCUT2D eigenvalue weighted by Crippen LogP contribution is 2.17. The van der Waals surface area contributed by atoms with Crippen LogP contribution >= 0.6 is 11.3 Å². The maximum Gasteiger partial charge on any atom is 0.253 e. The Morgan fingerprint density at radius 1 is 1.39 bits per heavy atom. The van der Waals surface area contributed by atoms with Crippen molar-refractivity contribution in [1.82, 2.24) is 10.3 Å². The van der Waals surface area contributed by atoms with Crippen LogP contribution in [0.2, 0.25) is 0 Å². The maximum atomic E-state index is 13.0. The van der Waals surface area contributed by atoms with Gasteiger partial charge in [0, 0.05) is 17.1 Å². The Labute approximate surface area is 105 Å². The van der Waals surface area contributed by atoms with Crippen molar-refractivity contribution in [3.8, 4) is 0 Å². The fourth-order valence-electron chi connectivity index (χ4n) is 1.35. The molecule has 0 bridgehead atoms. The second-order valence-electron chi connectivity index (χ2n) is 3.52. The molecule has 94 valence electrons. The first-order chi connectivity index (χ1) is 8.58. The van der Waals surface area contributed by atoms with Gasteiger partial charge >= 0.3 is 0 Å². The van der Waals surface area contributed by atoms with Crippen LogP contribution in [-0.4, -0.2) is 10.9 Å². The van der Waals surface area contributed by atoms with E-state index in [1.54, 1.807) is 10.9 Å². The molecule has 2 aromatic rings. The van der Waals surface area contributed by atoms with Gasteiger partial charge in [-0.3, -0.25) is 4.79 Å². The van der Waals surface area contributed by atoms with Crippen molar-refractivity contribution in [2.45, 2.75) is 6.54 Å². The van der Waals surface area contributed by atoms with E-state index in [0.717, 1.165) is 12.1 Å². The summed E-state index contributed by atoms with van der Waals surface area (Å²) in [4.78, 5) is 15.7. The van der Waals surface area contributed by atoms with E-state index in [2.05, 4.69) is 10.3 Å². The van der Waals surface area contributed by atoms with Crippen molar-refractivity contribution in [2.24, 2.45) is 0 Å². The molecule has 0 spiro atoms. The van der Waals surface area contributed by atoms with E-state index < -0.39 is 17.5 Å². The number of nitrogens with one attached hydrogen (secondary N) is 1. The molecule has 7 heteroatoms. The zero-order valence-electron chi connectivity index (χ0n) is 9.11. The summed E-state index contributed by atoms with van der Waals surface area (Å²) in [7, 11) is 0. The summed E-state index contributed by atoms with van der Waals surface area (Å²) >= 11 is 1.40. The number of carbonyl (C=O) groups excluding carboxylic acids is 1. The number of hydrogen-bond acceptors (Lipinski definition) is 4. The minimum absolute atomic E-state index is 0.0934. The highest BCUT2D eigenvalue weighted by molar-refractivity contribution is 7.07. The van der Waals surface area contributed by atoms with Gasteiger partial charge in [-0.25, -0.2) is 13.8 Å². The first-order valence-corrected chi connectivity index (χ1v) is 5.92. The van der Waals surface area contributed by atoms with Gasteiger partial charge < -0.3 is 11.1 Å². The minimum atomic E-state index is -1.11. The van der Waals surface area contributed by atoms with Crippen LogP contribution in [0, 0.1) is 11.6 Å². The van der Waals surface area contributed by atoms with Gasteiger partial charge in [0.1, 0.15) is 0 Å². The zero-order valence-corrected chi connectivity index (χ0v) is 9.93. The summed E-state index contributed by atoms with van der Waals surface area (Å²) in [5.41, 5.74) is 7.58. The number of nitrogen functional groups attached to an aromatic ring is 1. The van der Waals surface area contributed by atoms with Crippen molar-refractivity contribution >= 4 is 22.9 Å². The fourth-order valence-corrected chi connectivity index (χ4v) is 1.91. The predicted octanol–water partition coefficient (Wildman–Crippen LogP) is 1.93. The lowest BCUT2D eigenvalue weighted by Gasteiger charge is -2.07. The number of nitrogens with two attached hydrogens (primary N) is 1. The number of thiazole rings is 1. The number of nitrogens with zero attached hydrogens (tertiary/aromatic N) is 1. The molecule has 18 heavy (non-hydrogen) atoms. The molecule has 0 atom stereocenters. The van der Waals surface area contributed by atoms with Crippen LogP contribution < -0.4 is 11.1 Å². The zero-order chi connectivity index (χ0) is 13.1. The average molecular weight is 269 g/mol. The molecule has 0 saturated heterocycles. The smallest absolute Gasteiger partial charge is 0.253 e. The van der Waals surface area contributed by atoms with Crippen LogP contribution in [0.5, 0.6) is 0 Å². The minimum Gasteiger partial charge on any atom is -0.398 e. The molecule has 1 amide bonds. The third-order valence-corrected chi connectivity index (χ3v) is 2.89. The topological polar surface area (TPSA) is 68.0 Å². The second-order valence-corrected chi connectivity index (χ2v) is 4.23. The van der Waals surface area contributed by atoms with Gasteiger partial charge in [0.15, 0.2) is 11.6 Å².